The van der Waals surface area contributed by atoms with Crippen molar-refractivity contribution in [1.29, 1.82) is 0 Å². The van der Waals surface area contributed by atoms with Crippen LogP contribution < -0.4 is 0 Å². The zero-order valence-electron chi connectivity index (χ0n) is 10.3. The normalized spacial score (nSPS) is 10.4. The van der Waals surface area contributed by atoms with Crippen molar-refractivity contribution < 1.29 is 14.5 Å². The highest BCUT2D eigenvalue weighted by molar-refractivity contribution is 8.01. The first-order valence-electron chi connectivity index (χ1n) is 5.28. The standard InChI is InChI=1S/C11H6Cl2N2O4S2/c1-19-10(16)7-4-5(15(17)18)11(21-7)20-6-2-3-14-9(13)8(6)12/h2-4H,1H3. The number of carbonyl (C=O) groups excluding carboxylic acids is 1. The molecule has 0 amide bonds. The number of thiophene rings is 1. The lowest BCUT2D eigenvalue weighted by Crippen LogP contribution is -1.97. The fourth-order valence-corrected chi connectivity index (χ4v) is 4.02. The Hall–Kier alpha value is -1.35. The Bertz CT molecular complexity index is 720. The Morgan fingerprint density at radius 3 is 2.86 bits per heavy atom. The molecule has 0 N–H and O–H groups in total. The molecular formula is C11H6Cl2N2O4S2. The van der Waals surface area contributed by atoms with Gasteiger partial charge in [0.05, 0.1) is 17.1 Å². The molecule has 0 aliphatic carbocycles. The van der Waals surface area contributed by atoms with Crippen LogP contribution in [-0.4, -0.2) is 23.0 Å². The molecule has 2 rings (SSSR count). The van der Waals surface area contributed by atoms with Crippen LogP contribution in [0.15, 0.2) is 27.4 Å². The third-order valence-electron chi connectivity index (χ3n) is 2.28. The molecule has 110 valence electrons. The minimum atomic E-state index is -0.631. The topological polar surface area (TPSA) is 82.3 Å². The second-order valence-electron chi connectivity index (χ2n) is 3.55. The van der Waals surface area contributed by atoms with Crippen molar-refractivity contribution in [3.8, 4) is 0 Å². The summed E-state index contributed by atoms with van der Waals surface area (Å²) in [6, 6.07) is 2.76. The number of esters is 1. The number of hydrogen-bond acceptors (Lipinski definition) is 7. The fraction of sp³-hybridized carbons (Fsp3) is 0.0909. The number of hydrogen-bond donors (Lipinski definition) is 0. The molecule has 21 heavy (non-hydrogen) atoms. The number of aromatic nitrogens is 1. The van der Waals surface area contributed by atoms with Crippen molar-refractivity contribution in [2.24, 2.45) is 0 Å². The van der Waals surface area contributed by atoms with Gasteiger partial charge in [-0.25, -0.2) is 9.78 Å². The molecule has 0 saturated heterocycles. The Labute approximate surface area is 137 Å². The van der Waals surface area contributed by atoms with E-state index in [1.165, 1.54) is 19.4 Å². The van der Waals surface area contributed by atoms with E-state index in [9.17, 15) is 14.9 Å². The number of nitro groups is 1. The van der Waals surface area contributed by atoms with Crippen LogP contribution >= 0.6 is 46.3 Å². The van der Waals surface area contributed by atoms with E-state index >= 15 is 0 Å². The molecule has 0 spiro atoms. The smallest absolute Gasteiger partial charge is 0.348 e. The van der Waals surface area contributed by atoms with Crippen molar-refractivity contribution in [3.05, 3.63) is 43.5 Å². The number of nitrogens with zero attached hydrogens (tertiary/aromatic N) is 2. The summed E-state index contributed by atoms with van der Waals surface area (Å²) in [6.07, 6.45) is 1.44. The number of pyridine rings is 1. The van der Waals surface area contributed by atoms with Gasteiger partial charge in [0.15, 0.2) is 0 Å². The maximum absolute atomic E-state index is 11.5. The molecule has 2 aromatic heterocycles. The molecule has 0 fully saturated rings. The second kappa shape index (κ2) is 6.61. The summed E-state index contributed by atoms with van der Waals surface area (Å²) in [4.78, 5) is 26.4. The lowest BCUT2D eigenvalue weighted by molar-refractivity contribution is -0.387. The minimum absolute atomic E-state index is 0.106. The SMILES string of the molecule is COC(=O)c1cc([N+](=O)[O-])c(Sc2ccnc(Cl)c2Cl)s1. The molecule has 0 saturated carbocycles. The summed E-state index contributed by atoms with van der Waals surface area (Å²) in [5, 5.41) is 11.4. The molecule has 0 aliphatic heterocycles. The van der Waals surface area contributed by atoms with E-state index in [0.717, 1.165) is 23.1 Å². The quantitative estimate of drug-likeness (QED) is 0.348. The van der Waals surface area contributed by atoms with E-state index in [1.54, 1.807) is 6.07 Å². The zero-order chi connectivity index (χ0) is 15.6. The molecule has 10 heteroatoms. The van der Waals surface area contributed by atoms with Crippen molar-refractivity contribution >= 4 is 58.0 Å². The molecule has 2 heterocycles. The van der Waals surface area contributed by atoms with E-state index in [0.29, 0.717) is 9.10 Å². The van der Waals surface area contributed by atoms with E-state index in [-0.39, 0.29) is 20.7 Å². The van der Waals surface area contributed by atoms with Gasteiger partial charge in [0.1, 0.15) is 14.2 Å². The van der Waals surface area contributed by atoms with E-state index in [1.807, 2.05) is 0 Å². The van der Waals surface area contributed by atoms with Crippen LogP contribution in [0.3, 0.4) is 0 Å². The molecule has 0 aromatic carbocycles. The molecule has 6 nitrogen and oxygen atoms in total. The van der Waals surface area contributed by atoms with Crippen molar-refractivity contribution in [2.45, 2.75) is 9.10 Å². The number of halogens is 2. The second-order valence-corrected chi connectivity index (χ2v) is 6.65. The maximum Gasteiger partial charge on any atom is 0.348 e. The van der Waals surface area contributed by atoms with Gasteiger partial charge >= 0.3 is 5.97 Å². The van der Waals surface area contributed by atoms with Gasteiger partial charge < -0.3 is 4.74 Å². The predicted molar refractivity (Wildman–Crippen MR) is 80.7 cm³/mol. The highest BCUT2D eigenvalue weighted by Gasteiger charge is 2.24. The van der Waals surface area contributed by atoms with E-state index in [2.05, 4.69) is 9.72 Å². The maximum atomic E-state index is 11.5. The van der Waals surface area contributed by atoms with Crippen LogP contribution in [0.4, 0.5) is 5.69 Å². The average molecular weight is 365 g/mol. The summed E-state index contributed by atoms with van der Waals surface area (Å²) < 4.78 is 4.87. The highest BCUT2D eigenvalue weighted by Crippen LogP contribution is 2.44. The summed E-state index contributed by atoms with van der Waals surface area (Å²) in [7, 11) is 1.21. The Morgan fingerprint density at radius 2 is 2.24 bits per heavy atom. The van der Waals surface area contributed by atoms with Gasteiger partial charge in [-0.05, 0) is 6.07 Å². The van der Waals surface area contributed by atoms with Gasteiger partial charge in [0.2, 0.25) is 0 Å². The van der Waals surface area contributed by atoms with Gasteiger partial charge in [-0.3, -0.25) is 10.1 Å². The monoisotopic (exact) mass is 364 g/mol. The molecule has 0 atom stereocenters. The molecule has 0 aliphatic rings. The first-order valence-corrected chi connectivity index (χ1v) is 7.67. The van der Waals surface area contributed by atoms with Crippen LogP contribution in [0, 0.1) is 10.1 Å². The summed E-state index contributed by atoms with van der Waals surface area (Å²) in [5.74, 6) is -0.631. The van der Waals surface area contributed by atoms with Gasteiger partial charge in [-0.2, -0.15) is 0 Å². The van der Waals surface area contributed by atoms with Crippen LogP contribution in [0.1, 0.15) is 9.67 Å². The highest BCUT2D eigenvalue weighted by atomic mass is 35.5. The lowest BCUT2D eigenvalue weighted by atomic mass is 10.4. The number of rotatable bonds is 4. The molecular weight excluding hydrogens is 359 g/mol. The van der Waals surface area contributed by atoms with Crippen molar-refractivity contribution in [1.82, 2.24) is 4.98 Å². The third kappa shape index (κ3) is 3.46. The summed E-state index contributed by atoms with van der Waals surface area (Å²) >= 11 is 13.8. The van der Waals surface area contributed by atoms with Crippen LogP contribution in [-0.2, 0) is 4.74 Å². The summed E-state index contributed by atoms with van der Waals surface area (Å²) in [5.41, 5.74) is -0.186. The van der Waals surface area contributed by atoms with Crippen molar-refractivity contribution in [3.63, 3.8) is 0 Å². The molecule has 2 aromatic rings. The van der Waals surface area contributed by atoms with E-state index in [4.69, 9.17) is 23.2 Å². The molecule has 0 unspecified atom stereocenters. The molecule has 0 bridgehead atoms. The summed E-state index contributed by atoms with van der Waals surface area (Å²) in [6.45, 7) is 0. The van der Waals surface area contributed by atoms with Gasteiger partial charge in [0, 0.05) is 17.2 Å². The fourth-order valence-electron chi connectivity index (χ4n) is 1.35. The number of methoxy groups -OCH3 is 1. The van der Waals surface area contributed by atoms with Gasteiger partial charge in [-0.15, -0.1) is 11.3 Å². The van der Waals surface area contributed by atoms with Gasteiger partial charge in [0.25, 0.3) is 5.69 Å². The Morgan fingerprint density at radius 1 is 1.52 bits per heavy atom. The third-order valence-corrected chi connectivity index (χ3v) is 5.51. The first-order chi connectivity index (χ1) is 9.93. The predicted octanol–water partition coefficient (Wildman–Crippen LogP) is 4.30. The minimum Gasteiger partial charge on any atom is -0.465 e. The van der Waals surface area contributed by atoms with Crippen LogP contribution in [0.2, 0.25) is 10.2 Å². The number of ether oxygens (including phenoxy) is 1. The lowest BCUT2D eigenvalue weighted by Gasteiger charge is -2.02. The Kier molecular flexibility index (Phi) is 5.04. The zero-order valence-corrected chi connectivity index (χ0v) is 13.5. The van der Waals surface area contributed by atoms with E-state index < -0.39 is 10.9 Å². The number of carbonyl (C=O) groups is 1. The van der Waals surface area contributed by atoms with Crippen molar-refractivity contribution in [2.75, 3.05) is 7.11 Å². The average Bonchev–Trinajstić information content (AvgIpc) is 2.87. The van der Waals surface area contributed by atoms with Crippen LogP contribution in [0.25, 0.3) is 0 Å². The molecule has 0 radical (unpaired) electrons. The van der Waals surface area contributed by atoms with Gasteiger partial charge in [-0.1, -0.05) is 35.0 Å². The first kappa shape index (κ1) is 16.0. The largest absolute Gasteiger partial charge is 0.465 e. The van der Waals surface area contributed by atoms with Crippen LogP contribution in [0.5, 0.6) is 0 Å². The Balaban J connectivity index is 2.43.